The van der Waals surface area contributed by atoms with Crippen LogP contribution in [0.15, 0.2) is 12.2 Å². The van der Waals surface area contributed by atoms with Crippen LogP contribution in [0.5, 0.6) is 0 Å². The highest BCUT2D eigenvalue weighted by atomic mass is 31.2. The Kier molecular flexibility index (Phi) is 18.8. The highest BCUT2D eigenvalue weighted by Crippen LogP contribution is 2.35. The SMILES string of the molecule is C=C(C)C(=O)OCCCCCCCCCCCCCCCCCCOP(=O)(O)O. The highest BCUT2D eigenvalue weighted by Gasteiger charge is 2.12. The van der Waals surface area contributed by atoms with E-state index in [1.165, 1.54) is 70.6 Å². The van der Waals surface area contributed by atoms with Gasteiger partial charge in [-0.2, -0.15) is 0 Å². The Morgan fingerprint density at radius 3 is 1.31 bits per heavy atom. The average molecular weight is 435 g/mol. The van der Waals surface area contributed by atoms with Gasteiger partial charge in [-0.25, -0.2) is 9.36 Å². The molecular weight excluding hydrogens is 391 g/mol. The van der Waals surface area contributed by atoms with Crippen molar-refractivity contribution in [2.24, 2.45) is 0 Å². The molecule has 0 aliphatic rings. The smallest absolute Gasteiger partial charge is 0.462 e. The molecule has 6 nitrogen and oxygen atoms in total. The maximum absolute atomic E-state index is 11.2. The maximum atomic E-state index is 11.2. The van der Waals surface area contributed by atoms with Gasteiger partial charge in [0.15, 0.2) is 0 Å². The molecule has 0 spiro atoms. The van der Waals surface area contributed by atoms with Crippen LogP contribution >= 0.6 is 7.82 Å². The minimum absolute atomic E-state index is 0.148. The van der Waals surface area contributed by atoms with E-state index in [1.54, 1.807) is 6.92 Å². The van der Waals surface area contributed by atoms with Crippen molar-refractivity contribution in [2.45, 2.75) is 110 Å². The summed E-state index contributed by atoms with van der Waals surface area (Å²) in [5, 5.41) is 0. The molecule has 0 fully saturated rings. The Morgan fingerprint density at radius 2 is 1.00 bits per heavy atom. The van der Waals surface area contributed by atoms with Crippen LogP contribution in [-0.2, 0) is 18.6 Å². The summed E-state index contributed by atoms with van der Waals surface area (Å²) < 4.78 is 20.0. The topological polar surface area (TPSA) is 93.1 Å². The first kappa shape index (κ1) is 28.3. The van der Waals surface area contributed by atoms with Gasteiger partial charge in [-0.1, -0.05) is 96.5 Å². The Labute approximate surface area is 177 Å². The predicted octanol–water partition coefficient (Wildman–Crippen LogP) is 6.46. The molecule has 0 aromatic carbocycles. The Morgan fingerprint density at radius 1 is 0.690 bits per heavy atom. The molecule has 7 heteroatoms. The number of unbranched alkanes of at least 4 members (excludes halogenated alkanes) is 15. The molecule has 29 heavy (non-hydrogen) atoms. The molecule has 0 saturated carbocycles. The van der Waals surface area contributed by atoms with Crippen molar-refractivity contribution in [1.29, 1.82) is 0 Å². The van der Waals surface area contributed by atoms with E-state index in [0.29, 0.717) is 18.6 Å². The van der Waals surface area contributed by atoms with Crippen LogP contribution in [0, 0.1) is 0 Å². The molecule has 0 radical (unpaired) electrons. The molecule has 0 amide bonds. The summed E-state index contributed by atoms with van der Waals surface area (Å²) in [6.45, 7) is 5.89. The van der Waals surface area contributed by atoms with E-state index in [-0.39, 0.29) is 12.6 Å². The third kappa shape index (κ3) is 23.5. The Balaban J connectivity index is 3.11. The summed E-state index contributed by atoms with van der Waals surface area (Å²) in [4.78, 5) is 28.3. The van der Waals surface area contributed by atoms with Crippen LogP contribution in [0.25, 0.3) is 0 Å². The standard InChI is InChI=1S/C22H43O6P/c1-21(2)22(23)27-19-17-15-13-11-9-7-5-3-4-6-8-10-12-14-16-18-20-28-29(24,25)26/h1,3-20H2,2H3,(H2,24,25,26). The first-order valence-corrected chi connectivity index (χ1v) is 12.9. The fraction of sp³-hybridized carbons (Fsp3) is 0.864. The lowest BCUT2D eigenvalue weighted by molar-refractivity contribution is -0.139. The highest BCUT2D eigenvalue weighted by molar-refractivity contribution is 7.46. The van der Waals surface area contributed by atoms with E-state index in [9.17, 15) is 9.36 Å². The number of carbonyl (C=O) groups excluding carboxylic acids is 1. The lowest BCUT2D eigenvalue weighted by Gasteiger charge is -2.05. The lowest BCUT2D eigenvalue weighted by Crippen LogP contribution is -2.05. The molecule has 0 aromatic rings. The van der Waals surface area contributed by atoms with Gasteiger partial charge in [0.2, 0.25) is 0 Å². The van der Waals surface area contributed by atoms with E-state index in [0.717, 1.165) is 25.7 Å². The largest absolute Gasteiger partial charge is 0.469 e. The molecule has 172 valence electrons. The normalized spacial score (nSPS) is 11.6. The van der Waals surface area contributed by atoms with Gasteiger partial charge in [0, 0.05) is 5.57 Å². The Hall–Kier alpha value is -0.680. The third-order valence-electron chi connectivity index (χ3n) is 4.88. The number of phosphoric acid groups is 1. The lowest BCUT2D eigenvalue weighted by atomic mass is 10.0. The third-order valence-corrected chi connectivity index (χ3v) is 5.40. The zero-order valence-electron chi connectivity index (χ0n) is 18.4. The van der Waals surface area contributed by atoms with E-state index in [4.69, 9.17) is 14.5 Å². The summed E-state index contributed by atoms with van der Waals surface area (Å²) in [5.74, 6) is -0.281. The second-order valence-corrected chi connectivity index (χ2v) is 9.14. The zero-order chi connectivity index (χ0) is 21.8. The van der Waals surface area contributed by atoms with E-state index in [2.05, 4.69) is 11.1 Å². The summed E-state index contributed by atoms with van der Waals surface area (Å²) in [5.41, 5.74) is 0.467. The first-order valence-electron chi connectivity index (χ1n) is 11.4. The number of carbonyl (C=O) groups is 1. The number of esters is 1. The van der Waals surface area contributed by atoms with Crippen molar-refractivity contribution >= 4 is 13.8 Å². The van der Waals surface area contributed by atoms with Crippen molar-refractivity contribution in [3.05, 3.63) is 12.2 Å². The van der Waals surface area contributed by atoms with Crippen molar-refractivity contribution < 1.29 is 28.4 Å². The maximum Gasteiger partial charge on any atom is 0.469 e. The van der Waals surface area contributed by atoms with Crippen molar-refractivity contribution in [3.63, 3.8) is 0 Å². The summed E-state index contributed by atoms with van der Waals surface area (Å²) in [7, 11) is -4.28. The molecule has 0 atom stereocenters. The van der Waals surface area contributed by atoms with Crippen molar-refractivity contribution in [2.75, 3.05) is 13.2 Å². The van der Waals surface area contributed by atoms with Crippen molar-refractivity contribution in [3.8, 4) is 0 Å². The summed E-state index contributed by atoms with van der Waals surface area (Å²) in [6.07, 6.45) is 19.0. The van der Waals surface area contributed by atoms with Crippen LogP contribution in [0.1, 0.15) is 110 Å². The zero-order valence-corrected chi connectivity index (χ0v) is 19.3. The minimum atomic E-state index is -4.28. The molecule has 2 N–H and O–H groups in total. The Bertz CT molecular complexity index is 460. The van der Waals surface area contributed by atoms with Crippen LogP contribution in [0.3, 0.4) is 0 Å². The van der Waals surface area contributed by atoms with Gasteiger partial charge in [0.25, 0.3) is 0 Å². The molecule has 0 aliphatic heterocycles. The van der Waals surface area contributed by atoms with Gasteiger partial charge in [-0.15, -0.1) is 0 Å². The molecule has 0 unspecified atom stereocenters. The fourth-order valence-electron chi connectivity index (χ4n) is 3.15. The molecule has 0 aromatic heterocycles. The quantitative estimate of drug-likeness (QED) is 0.0932. The number of rotatable bonds is 21. The number of hydrogen-bond acceptors (Lipinski definition) is 4. The van der Waals surface area contributed by atoms with Gasteiger partial charge in [0.1, 0.15) is 0 Å². The van der Waals surface area contributed by atoms with Gasteiger partial charge >= 0.3 is 13.8 Å². The predicted molar refractivity (Wildman–Crippen MR) is 118 cm³/mol. The second-order valence-electron chi connectivity index (χ2n) is 7.90. The molecule has 0 rings (SSSR count). The molecule has 0 heterocycles. The molecule has 0 aliphatic carbocycles. The van der Waals surface area contributed by atoms with Gasteiger partial charge in [0.05, 0.1) is 13.2 Å². The number of phosphoric ester groups is 1. The van der Waals surface area contributed by atoms with Gasteiger partial charge in [-0.05, 0) is 19.8 Å². The van der Waals surface area contributed by atoms with Crippen molar-refractivity contribution in [1.82, 2.24) is 0 Å². The molecular formula is C22H43O6P. The van der Waals surface area contributed by atoms with E-state index in [1.807, 2.05) is 0 Å². The van der Waals surface area contributed by atoms with Crippen LogP contribution in [0.2, 0.25) is 0 Å². The summed E-state index contributed by atoms with van der Waals surface area (Å²) in [6, 6.07) is 0. The fourth-order valence-corrected chi connectivity index (χ4v) is 3.52. The minimum Gasteiger partial charge on any atom is -0.462 e. The average Bonchev–Trinajstić information content (AvgIpc) is 2.65. The summed E-state index contributed by atoms with van der Waals surface area (Å²) >= 11 is 0. The monoisotopic (exact) mass is 434 g/mol. The second kappa shape index (κ2) is 19.3. The van der Waals surface area contributed by atoms with Gasteiger partial charge in [-0.3, -0.25) is 4.52 Å². The van der Waals surface area contributed by atoms with Crippen LogP contribution < -0.4 is 0 Å². The number of ether oxygens (including phenoxy) is 1. The molecule has 0 bridgehead atoms. The molecule has 0 saturated heterocycles. The first-order chi connectivity index (χ1) is 13.8. The van der Waals surface area contributed by atoms with Crippen LogP contribution in [-0.4, -0.2) is 29.0 Å². The van der Waals surface area contributed by atoms with E-state index < -0.39 is 7.82 Å². The van der Waals surface area contributed by atoms with E-state index >= 15 is 0 Å². The van der Waals surface area contributed by atoms with Crippen LogP contribution in [0.4, 0.5) is 0 Å². The van der Waals surface area contributed by atoms with Gasteiger partial charge < -0.3 is 14.5 Å². The number of hydrogen-bond donors (Lipinski definition) is 2.